The van der Waals surface area contributed by atoms with E-state index in [1.165, 1.54) is 5.56 Å². The number of carbonyl (C=O) groups excluding carboxylic acids is 1. The van der Waals surface area contributed by atoms with Crippen LogP contribution in [0.25, 0.3) is 0 Å². The van der Waals surface area contributed by atoms with Gasteiger partial charge in [-0.15, -0.1) is 0 Å². The number of nitrogen functional groups attached to an aromatic ring is 1. The molecule has 5 heteroatoms. The molecule has 0 spiro atoms. The fraction of sp³-hybridized carbons (Fsp3) is 0.267. The third-order valence-corrected chi connectivity index (χ3v) is 3.69. The molecule has 4 N–H and O–H groups in total. The van der Waals surface area contributed by atoms with Gasteiger partial charge < -0.3 is 16.4 Å². The Balaban J connectivity index is 1.99. The van der Waals surface area contributed by atoms with E-state index in [0.29, 0.717) is 17.8 Å². The molecule has 4 nitrogen and oxygen atoms in total. The summed E-state index contributed by atoms with van der Waals surface area (Å²) in [5, 5.41) is 10.3. The van der Waals surface area contributed by atoms with Gasteiger partial charge in [-0.3, -0.25) is 4.79 Å². The number of hydrogen-bond acceptors (Lipinski definition) is 4. The summed E-state index contributed by atoms with van der Waals surface area (Å²) >= 11 is 1.70. The molecule has 1 heterocycles. The van der Waals surface area contributed by atoms with E-state index in [9.17, 15) is 4.79 Å². The number of nitrogens with two attached hydrogens (primary N) is 1. The molecule has 20 heavy (non-hydrogen) atoms. The minimum absolute atomic E-state index is 0.0756. The average Bonchev–Trinajstić information content (AvgIpc) is 2.94. The first-order valence-electron chi connectivity index (χ1n) is 6.63. The number of nitrogens with one attached hydrogen (secondary N) is 2. The predicted molar refractivity (Wildman–Crippen MR) is 85.4 cm³/mol. The van der Waals surface area contributed by atoms with E-state index in [0.717, 1.165) is 18.7 Å². The Kier molecular flexibility index (Phi) is 5.01. The van der Waals surface area contributed by atoms with Gasteiger partial charge in [0.25, 0.3) is 5.91 Å². The van der Waals surface area contributed by atoms with Crippen molar-refractivity contribution < 1.29 is 4.79 Å². The Hall–Kier alpha value is -2.01. The van der Waals surface area contributed by atoms with Crippen LogP contribution >= 0.6 is 11.3 Å². The molecule has 1 aromatic carbocycles. The molecule has 0 fully saturated rings. The fourth-order valence-electron chi connectivity index (χ4n) is 1.89. The zero-order valence-corrected chi connectivity index (χ0v) is 12.3. The van der Waals surface area contributed by atoms with Crippen LogP contribution in [0.4, 0.5) is 11.4 Å². The summed E-state index contributed by atoms with van der Waals surface area (Å²) in [6.07, 6.45) is 0.939. The third kappa shape index (κ3) is 3.74. The zero-order chi connectivity index (χ0) is 14.4. The number of anilines is 2. The lowest BCUT2D eigenvalue weighted by molar-refractivity contribution is 0.0956. The van der Waals surface area contributed by atoms with Crippen molar-refractivity contribution >= 4 is 28.6 Å². The summed E-state index contributed by atoms with van der Waals surface area (Å²) in [6.45, 7) is 3.30. The van der Waals surface area contributed by atoms with Gasteiger partial charge in [0.15, 0.2) is 0 Å². The molecule has 0 aliphatic heterocycles. The van der Waals surface area contributed by atoms with Crippen LogP contribution in [0.5, 0.6) is 0 Å². The fourth-order valence-corrected chi connectivity index (χ4v) is 2.59. The Bertz CT molecular complexity index is 567. The van der Waals surface area contributed by atoms with Crippen LogP contribution in [-0.4, -0.2) is 19.0 Å². The van der Waals surface area contributed by atoms with Gasteiger partial charge in [0.2, 0.25) is 0 Å². The molecule has 0 aliphatic rings. The average molecular weight is 289 g/mol. The molecule has 0 bridgehead atoms. The monoisotopic (exact) mass is 289 g/mol. The van der Waals surface area contributed by atoms with Crippen molar-refractivity contribution in [3.63, 3.8) is 0 Å². The van der Waals surface area contributed by atoms with Crippen molar-refractivity contribution in [3.05, 3.63) is 46.2 Å². The van der Waals surface area contributed by atoms with Crippen molar-refractivity contribution in [2.24, 2.45) is 0 Å². The van der Waals surface area contributed by atoms with E-state index in [4.69, 9.17) is 5.73 Å². The van der Waals surface area contributed by atoms with Crippen LogP contribution in [0.2, 0.25) is 0 Å². The standard InChI is InChI=1S/C15H19N3OS/c1-2-17-15(19)12-3-4-13(16)14(9-12)18-7-5-11-6-8-20-10-11/h3-4,6,8-10,18H,2,5,7,16H2,1H3,(H,17,19). The molecule has 0 atom stereocenters. The third-order valence-electron chi connectivity index (χ3n) is 2.96. The van der Waals surface area contributed by atoms with Crippen molar-refractivity contribution in [2.45, 2.75) is 13.3 Å². The van der Waals surface area contributed by atoms with Crippen LogP contribution in [-0.2, 0) is 6.42 Å². The normalized spacial score (nSPS) is 10.2. The zero-order valence-electron chi connectivity index (χ0n) is 11.5. The molecule has 1 aromatic heterocycles. The Labute approximate surface area is 123 Å². The van der Waals surface area contributed by atoms with Crippen LogP contribution in [0.3, 0.4) is 0 Å². The second-order valence-corrected chi connectivity index (χ2v) is 5.25. The Morgan fingerprint density at radius 3 is 2.90 bits per heavy atom. The van der Waals surface area contributed by atoms with E-state index in [1.807, 2.05) is 6.92 Å². The number of rotatable bonds is 6. The first-order valence-corrected chi connectivity index (χ1v) is 7.57. The van der Waals surface area contributed by atoms with Crippen molar-refractivity contribution in [1.82, 2.24) is 5.32 Å². The number of thiophene rings is 1. The maximum atomic E-state index is 11.8. The highest BCUT2D eigenvalue weighted by molar-refractivity contribution is 7.07. The van der Waals surface area contributed by atoms with E-state index in [2.05, 4.69) is 27.5 Å². The SMILES string of the molecule is CCNC(=O)c1ccc(N)c(NCCc2ccsc2)c1. The van der Waals surface area contributed by atoms with Gasteiger partial charge in [-0.05, 0) is 53.9 Å². The van der Waals surface area contributed by atoms with Crippen LogP contribution < -0.4 is 16.4 Å². The van der Waals surface area contributed by atoms with Crippen LogP contribution in [0.1, 0.15) is 22.8 Å². The molecule has 106 valence electrons. The largest absolute Gasteiger partial charge is 0.397 e. The van der Waals surface area contributed by atoms with Crippen LogP contribution in [0, 0.1) is 0 Å². The van der Waals surface area contributed by atoms with Gasteiger partial charge in [-0.1, -0.05) is 0 Å². The summed E-state index contributed by atoms with van der Waals surface area (Å²) in [4.78, 5) is 11.8. The number of carbonyl (C=O) groups is 1. The number of benzene rings is 1. The van der Waals surface area contributed by atoms with Crippen LogP contribution in [0.15, 0.2) is 35.0 Å². The molecule has 0 unspecified atom stereocenters. The van der Waals surface area contributed by atoms with Gasteiger partial charge >= 0.3 is 0 Å². The lowest BCUT2D eigenvalue weighted by Crippen LogP contribution is -2.22. The van der Waals surface area contributed by atoms with Gasteiger partial charge in [0.1, 0.15) is 0 Å². The highest BCUT2D eigenvalue weighted by atomic mass is 32.1. The van der Waals surface area contributed by atoms with Gasteiger partial charge in [0.05, 0.1) is 11.4 Å². The van der Waals surface area contributed by atoms with Gasteiger partial charge in [0, 0.05) is 18.7 Å². The van der Waals surface area contributed by atoms with Gasteiger partial charge in [-0.25, -0.2) is 0 Å². The molecule has 0 saturated carbocycles. The summed E-state index contributed by atoms with van der Waals surface area (Å²) < 4.78 is 0. The van der Waals surface area contributed by atoms with Crippen molar-refractivity contribution in [1.29, 1.82) is 0 Å². The minimum atomic E-state index is -0.0756. The van der Waals surface area contributed by atoms with E-state index < -0.39 is 0 Å². The molecule has 0 saturated heterocycles. The van der Waals surface area contributed by atoms with Gasteiger partial charge in [-0.2, -0.15) is 11.3 Å². The maximum absolute atomic E-state index is 11.8. The quantitative estimate of drug-likeness (QED) is 0.716. The first-order chi connectivity index (χ1) is 9.70. The molecule has 2 aromatic rings. The number of hydrogen-bond donors (Lipinski definition) is 3. The molecular formula is C15H19N3OS. The maximum Gasteiger partial charge on any atom is 0.251 e. The summed E-state index contributed by atoms with van der Waals surface area (Å²) in [5.74, 6) is -0.0756. The highest BCUT2D eigenvalue weighted by Gasteiger charge is 2.07. The summed E-state index contributed by atoms with van der Waals surface area (Å²) in [6, 6.07) is 7.41. The second-order valence-electron chi connectivity index (χ2n) is 4.47. The van der Waals surface area contributed by atoms with Crippen molar-refractivity contribution in [2.75, 3.05) is 24.1 Å². The highest BCUT2D eigenvalue weighted by Crippen LogP contribution is 2.20. The lowest BCUT2D eigenvalue weighted by Gasteiger charge is -2.11. The van der Waals surface area contributed by atoms with E-state index in [1.54, 1.807) is 29.5 Å². The lowest BCUT2D eigenvalue weighted by atomic mass is 10.1. The molecule has 1 amide bonds. The molecule has 0 aliphatic carbocycles. The summed E-state index contributed by atoms with van der Waals surface area (Å²) in [5.41, 5.74) is 9.33. The molecular weight excluding hydrogens is 270 g/mol. The topological polar surface area (TPSA) is 67.2 Å². The Morgan fingerprint density at radius 2 is 2.20 bits per heavy atom. The first kappa shape index (κ1) is 14.4. The van der Waals surface area contributed by atoms with Crippen molar-refractivity contribution in [3.8, 4) is 0 Å². The smallest absolute Gasteiger partial charge is 0.251 e. The predicted octanol–water partition coefficient (Wildman–Crippen LogP) is 2.73. The summed E-state index contributed by atoms with van der Waals surface area (Å²) in [7, 11) is 0. The van der Waals surface area contributed by atoms with E-state index in [-0.39, 0.29) is 5.91 Å². The van der Waals surface area contributed by atoms with E-state index >= 15 is 0 Å². The molecule has 0 radical (unpaired) electrons. The number of amides is 1. The second kappa shape index (κ2) is 6.96. The minimum Gasteiger partial charge on any atom is -0.397 e. The molecule has 2 rings (SSSR count). The Morgan fingerprint density at radius 1 is 1.35 bits per heavy atom.